The van der Waals surface area contributed by atoms with E-state index in [0.717, 1.165) is 17.9 Å². The number of carboxylic acids is 1. The number of allylic oxidation sites excluding steroid dienone is 2. The number of furan rings is 1. The molecule has 31 heavy (non-hydrogen) atoms. The zero-order chi connectivity index (χ0) is 21.5. The summed E-state index contributed by atoms with van der Waals surface area (Å²) >= 11 is 5.91. The predicted octanol–water partition coefficient (Wildman–Crippen LogP) is 3.83. The molecule has 4 aliphatic rings. The van der Waals surface area contributed by atoms with E-state index in [1.165, 1.54) is 18.3 Å². The van der Waals surface area contributed by atoms with E-state index in [-0.39, 0.29) is 51.5 Å². The number of carbonyl (C=O) groups excluding carboxylic acids is 2. The topological polar surface area (TPSA) is 100 Å². The highest BCUT2D eigenvalue weighted by Gasteiger charge is 2.73. The number of carbonyl (C=O) groups is 3. The summed E-state index contributed by atoms with van der Waals surface area (Å²) in [6.45, 7) is 0. The molecule has 2 bridgehead atoms. The third-order valence-corrected chi connectivity index (χ3v) is 7.57. The first-order valence-corrected chi connectivity index (χ1v) is 10.5. The fourth-order valence-corrected chi connectivity index (χ4v) is 5.91. The van der Waals surface area contributed by atoms with E-state index in [4.69, 9.17) is 16.0 Å². The number of fused-ring (bicyclic) bond motifs is 3. The van der Waals surface area contributed by atoms with Crippen molar-refractivity contribution in [1.82, 2.24) is 5.01 Å². The molecular weight excluding hydrogens is 420 g/mol. The monoisotopic (exact) mass is 436 g/mol. The van der Waals surface area contributed by atoms with Crippen LogP contribution in [0.5, 0.6) is 0 Å². The largest absolute Gasteiger partial charge is 0.478 e. The lowest BCUT2D eigenvalue weighted by Crippen LogP contribution is -2.30. The number of benzene rings is 1. The number of hydrazone groups is 1. The molecule has 8 heteroatoms. The van der Waals surface area contributed by atoms with Gasteiger partial charge in [-0.05, 0) is 60.4 Å². The number of hydrogen-bond donors (Lipinski definition) is 1. The van der Waals surface area contributed by atoms with Gasteiger partial charge in [0, 0.05) is 5.56 Å². The van der Waals surface area contributed by atoms with Crippen molar-refractivity contribution in [2.75, 3.05) is 0 Å². The third-order valence-electron chi connectivity index (χ3n) is 7.24. The van der Waals surface area contributed by atoms with Gasteiger partial charge in [-0.2, -0.15) is 10.1 Å². The second kappa shape index (κ2) is 6.17. The van der Waals surface area contributed by atoms with Gasteiger partial charge in [-0.25, -0.2) is 4.79 Å². The van der Waals surface area contributed by atoms with Crippen LogP contribution in [0.15, 0.2) is 52.0 Å². The number of amides is 2. The van der Waals surface area contributed by atoms with E-state index in [9.17, 15) is 19.5 Å². The van der Waals surface area contributed by atoms with Crippen LogP contribution in [0, 0.1) is 29.1 Å². The molecule has 1 N–H and O–H groups in total. The van der Waals surface area contributed by atoms with Crippen LogP contribution in [0.25, 0.3) is 11.3 Å². The SMILES string of the molecule is O=C(O)c1cc(-c2ccc(/C=N\N3C(=O)[C@H]4[C@H](C3=O)[C@H]3C=C[C@H]4C34CC4)o2)ccc1Cl. The van der Waals surface area contributed by atoms with Gasteiger partial charge in [0.2, 0.25) is 0 Å². The van der Waals surface area contributed by atoms with Crippen LogP contribution in [-0.2, 0) is 9.59 Å². The fraction of sp³-hybridized carbons (Fsp3) is 0.304. The Morgan fingerprint density at radius 2 is 1.81 bits per heavy atom. The lowest BCUT2D eigenvalue weighted by Gasteiger charge is -2.18. The molecule has 0 unspecified atom stereocenters. The summed E-state index contributed by atoms with van der Waals surface area (Å²) < 4.78 is 5.72. The normalized spacial score (nSPS) is 29.5. The quantitative estimate of drug-likeness (QED) is 0.446. The molecule has 1 aromatic carbocycles. The maximum Gasteiger partial charge on any atom is 0.337 e. The molecule has 2 saturated carbocycles. The van der Waals surface area contributed by atoms with Crippen molar-refractivity contribution in [2.45, 2.75) is 12.8 Å². The summed E-state index contributed by atoms with van der Waals surface area (Å²) in [4.78, 5) is 37.2. The molecule has 1 aromatic heterocycles. The van der Waals surface area contributed by atoms with Crippen molar-refractivity contribution in [1.29, 1.82) is 0 Å². The van der Waals surface area contributed by atoms with Crippen LogP contribution in [0.4, 0.5) is 0 Å². The molecule has 6 rings (SSSR count). The summed E-state index contributed by atoms with van der Waals surface area (Å²) in [7, 11) is 0. The van der Waals surface area contributed by atoms with Crippen LogP contribution in [0.3, 0.4) is 0 Å². The van der Waals surface area contributed by atoms with E-state index in [2.05, 4.69) is 17.3 Å². The van der Waals surface area contributed by atoms with Crippen molar-refractivity contribution in [3.8, 4) is 11.3 Å². The summed E-state index contributed by atoms with van der Waals surface area (Å²) in [5.41, 5.74) is 0.670. The van der Waals surface area contributed by atoms with Crippen LogP contribution in [0.1, 0.15) is 29.0 Å². The second-order valence-corrected chi connectivity index (χ2v) is 9.06. The van der Waals surface area contributed by atoms with Gasteiger partial charge in [-0.15, -0.1) is 0 Å². The van der Waals surface area contributed by atoms with Gasteiger partial charge in [0.25, 0.3) is 11.8 Å². The smallest absolute Gasteiger partial charge is 0.337 e. The van der Waals surface area contributed by atoms with Gasteiger partial charge in [0.05, 0.1) is 28.6 Å². The number of rotatable bonds is 4. The molecule has 1 saturated heterocycles. The molecular formula is C23H17ClN2O5. The minimum absolute atomic E-state index is 0.0257. The van der Waals surface area contributed by atoms with Crippen molar-refractivity contribution in [3.05, 3.63) is 58.8 Å². The zero-order valence-electron chi connectivity index (χ0n) is 16.2. The molecule has 2 heterocycles. The predicted molar refractivity (Wildman–Crippen MR) is 110 cm³/mol. The van der Waals surface area contributed by atoms with E-state index in [1.54, 1.807) is 18.2 Å². The maximum absolute atomic E-state index is 12.9. The van der Waals surface area contributed by atoms with Gasteiger partial charge in [0.1, 0.15) is 11.5 Å². The van der Waals surface area contributed by atoms with Gasteiger partial charge in [0.15, 0.2) is 0 Å². The Hall–Kier alpha value is -3.19. The first kappa shape index (κ1) is 18.6. The summed E-state index contributed by atoms with van der Waals surface area (Å²) in [6.07, 6.45) is 7.77. The highest BCUT2D eigenvalue weighted by Crippen LogP contribution is 2.73. The van der Waals surface area contributed by atoms with Crippen molar-refractivity contribution < 1.29 is 23.9 Å². The van der Waals surface area contributed by atoms with Crippen molar-refractivity contribution in [2.24, 2.45) is 34.2 Å². The number of imide groups is 1. The maximum atomic E-state index is 12.9. The average molecular weight is 437 g/mol. The number of nitrogens with zero attached hydrogens (tertiary/aromatic N) is 2. The lowest BCUT2D eigenvalue weighted by molar-refractivity contribution is -0.141. The molecule has 1 spiro atoms. The summed E-state index contributed by atoms with van der Waals surface area (Å²) in [6, 6.07) is 7.88. The highest BCUT2D eigenvalue weighted by atomic mass is 35.5. The zero-order valence-corrected chi connectivity index (χ0v) is 17.0. The molecule has 3 aliphatic carbocycles. The number of hydrogen-bond acceptors (Lipinski definition) is 5. The molecule has 2 amide bonds. The standard InChI is InChI=1S/C23H17ClN2O5/c24-16-5-1-11(9-13(16)22(29)30)17-6-2-12(31-17)10-25-26-20(27)18-14-3-4-15(19(18)21(26)28)23(14)7-8-23/h1-6,9-10,14-15,18-19H,7-8H2,(H,29,30)/b25-10-/t14-,15-,18-,19-/m1/s1. The molecule has 1 aliphatic heterocycles. The Morgan fingerprint density at radius 1 is 1.13 bits per heavy atom. The molecule has 2 aromatic rings. The fourth-order valence-electron chi connectivity index (χ4n) is 5.71. The van der Waals surface area contributed by atoms with Gasteiger partial charge in [-0.3, -0.25) is 9.59 Å². The lowest BCUT2D eigenvalue weighted by atomic mass is 9.85. The Bertz CT molecular complexity index is 1190. The van der Waals surface area contributed by atoms with Gasteiger partial charge >= 0.3 is 5.97 Å². The van der Waals surface area contributed by atoms with Crippen molar-refractivity contribution >= 4 is 35.6 Å². The molecule has 4 atom stereocenters. The molecule has 3 fully saturated rings. The molecule has 7 nitrogen and oxygen atoms in total. The van der Waals surface area contributed by atoms with Crippen LogP contribution in [0.2, 0.25) is 5.02 Å². The summed E-state index contributed by atoms with van der Waals surface area (Å²) in [5, 5.41) is 14.5. The average Bonchev–Trinajstić information content (AvgIpc) is 3.03. The van der Waals surface area contributed by atoms with Crippen LogP contribution >= 0.6 is 11.6 Å². The van der Waals surface area contributed by atoms with Gasteiger partial charge in [-0.1, -0.05) is 23.8 Å². The van der Waals surface area contributed by atoms with Gasteiger partial charge < -0.3 is 9.52 Å². The molecule has 156 valence electrons. The Kier molecular flexibility index (Phi) is 3.69. The van der Waals surface area contributed by atoms with E-state index < -0.39 is 5.97 Å². The van der Waals surface area contributed by atoms with Crippen LogP contribution in [-0.4, -0.2) is 34.1 Å². The second-order valence-electron chi connectivity index (χ2n) is 8.66. The Morgan fingerprint density at radius 3 is 2.42 bits per heavy atom. The Labute approximate surface area is 182 Å². The number of halogens is 1. The van der Waals surface area contributed by atoms with E-state index >= 15 is 0 Å². The first-order chi connectivity index (χ1) is 14.9. The molecule has 0 radical (unpaired) electrons. The summed E-state index contributed by atoms with van der Waals surface area (Å²) in [5.74, 6) is -1.10. The highest BCUT2D eigenvalue weighted by molar-refractivity contribution is 6.33. The third kappa shape index (κ3) is 2.47. The van der Waals surface area contributed by atoms with E-state index in [0.29, 0.717) is 17.1 Å². The first-order valence-electron chi connectivity index (χ1n) is 10.1. The minimum atomic E-state index is -1.13. The minimum Gasteiger partial charge on any atom is -0.478 e. The van der Waals surface area contributed by atoms with Crippen molar-refractivity contribution in [3.63, 3.8) is 0 Å². The van der Waals surface area contributed by atoms with E-state index in [1.807, 2.05) is 0 Å². The Balaban J connectivity index is 1.23. The number of aromatic carboxylic acids is 1. The van der Waals surface area contributed by atoms with Crippen LogP contribution < -0.4 is 0 Å². The number of carboxylic acid groups (broad SMARTS) is 1.